The molecule has 32 heavy (non-hydrogen) atoms. The Bertz CT molecular complexity index is 1330. The number of rotatable bonds is 7. The molecule has 0 radical (unpaired) electrons. The van der Waals surface area contributed by atoms with Crippen molar-refractivity contribution in [1.82, 2.24) is 20.0 Å². The third kappa shape index (κ3) is 5.38. The quantitative estimate of drug-likeness (QED) is 0.448. The number of benzene rings is 2. The molecule has 0 aliphatic rings. The Hall–Kier alpha value is -3.98. The van der Waals surface area contributed by atoms with E-state index in [9.17, 15) is 8.42 Å². The maximum absolute atomic E-state index is 12.3. The van der Waals surface area contributed by atoms with Crippen LogP contribution in [0.25, 0.3) is 11.9 Å². The van der Waals surface area contributed by atoms with E-state index in [1.807, 2.05) is 50.2 Å². The summed E-state index contributed by atoms with van der Waals surface area (Å²) in [6.07, 6.45) is 1.54. The fourth-order valence-corrected chi connectivity index (χ4v) is 3.85. The first kappa shape index (κ1) is 21.3. The van der Waals surface area contributed by atoms with Crippen molar-refractivity contribution in [3.8, 4) is 17.4 Å². The van der Waals surface area contributed by atoms with E-state index in [-0.39, 0.29) is 0 Å². The molecule has 0 saturated carbocycles. The van der Waals surface area contributed by atoms with Crippen molar-refractivity contribution in [3.05, 3.63) is 95.2 Å². The summed E-state index contributed by atoms with van der Waals surface area (Å²) in [5.74, 6) is 1.41. The van der Waals surface area contributed by atoms with E-state index < -0.39 is 10.0 Å². The van der Waals surface area contributed by atoms with Gasteiger partial charge in [0, 0.05) is 17.4 Å². The number of nitrogens with zero attached hydrogens (tertiary/aromatic N) is 4. The minimum Gasteiger partial charge on any atom is -0.438 e. The summed E-state index contributed by atoms with van der Waals surface area (Å²) in [5, 5.41) is 13.7. The predicted octanol–water partition coefficient (Wildman–Crippen LogP) is 4.48. The molecular formula is C23H21N5O3S. The summed E-state index contributed by atoms with van der Waals surface area (Å²) in [4.78, 5) is 0. The van der Waals surface area contributed by atoms with E-state index in [1.165, 1.54) is 6.08 Å². The van der Waals surface area contributed by atoms with Crippen LogP contribution >= 0.6 is 0 Å². The van der Waals surface area contributed by atoms with Crippen LogP contribution in [0.4, 0.5) is 5.69 Å². The van der Waals surface area contributed by atoms with Gasteiger partial charge in [0.25, 0.3) is 10.0 Å². The van der Waals surface area contributed by atoms with Crippen molar-refractivity contribution >= 4 is 21.8 Å². The van der Waals surface area contributed by atoms with Gasteiger partial charge >= 0.3 is 0 Å². The standard InChI is InChI=1S/C23H21N5O3S/c1-17-16-18(2)28(26-17)22-12-13-23(25-24-22)31-21-10-8-20(9-11-21)27-32(29,30)15-14-19-6-4-3-5-7-19/h3-16,27H,1-2H3/b15-14+. The molecule has 2 aromatic heterocycles. The van der Waals surface area contributed by atoms with Gasteiger partial charge in [-0.15, -0.1) is 10.2 Å². The number of hydrogen-bond acceptors (Lipinski definition) is 6. The van der Waals surface area contributed by atoms with Crippen LogP contribution in [0.2, 0.25) is 0 Å². The molecule has 8 nitrogen and oxygen atoms in total. The Balaban J connectivity index is 1.39. The molecule has 2 aromatic carbocycles. The van der Waals surface area contributed by atoms with E-state index >= 15 is 0 Å². The van der Waals surface area contributed by atoms with Gasteiger partial charge < -0.3 is 4.74 Å². The molecule has 0 aliphatic heterocycles. The molecule has 4 rings (SSSR count). The van der Waals surface area contributed by atoms with E-state index in [0.717, 1.165) is 22.4 Å². The summed E-state index contributed by atoms with van der Waals surface area (Å²) >= 11 is 0. The largest absolute Gasteiger partial charge is 0.438 e. The highest BCUT2D eigenvalue weighted by molar-refractivity contribution is 7.95. The first-order chi connectivity index (χ1) is 15.4. The summed E-state index contributed by atoms with van der Waals surface area (Å²) in [5.41, 5.74) is 3.07. The molecule has 0 atom stereocenters. The third-order valence-electron chi connectivity index (χ3n) is 4.43. The van der Waals surface area contributed by atoms with Gasteiger partial charge in [0.2, 0.25) is 5.88 Å². The highest BCUT2D eigenvalue weighted by Crippen LogP contribution is 2.22. The Morgan fingerprint density at radius 1 is 0.938 bits per heavy atom. The van der Waals surface area contributed by atoms with Crippen LogP contribution in [-0.2, 0) is 10.0 Å². The van der Waals surface area contributed by atoms with Crippen LogP contribution in [0.5, 0.6) is 11.6 Å². The van der Waals surface area contributed by atoms with E-state index in [1.54, 1.807) is 41.1 Å². The molecule has 4 aromatic rings. The van der Waals surface area contributed by atoms with Crippen LogP contribution in [-0.4, -0.2) is 28.4 Å². The Morgan fingerprint density at radius 2 is 1.69 bits per heavy atom. The molecule has 1 N–H and O–H groups in total. The van der Waals surface area contributed by atoms with Gasteiger partial charge in [-0.25, -0.2) is 13.1 Å². The highest BCUT2D eigenvalue weighted by atomic mass is 32.2. The zero-order chi connectivity index (χ0) is 22.6. The van der Waals surface area contributed by atoms with Crippen molar-refractivity contribution in [1.29, 1.82) is 0 Å². The lowest BCUT2D eigenvalue weighted by molar-refractivity contribution is 0.454. The van der Waals surface area contributed by atoms with E-state index in [2.05, 4.69) is 20.0 Å². The average Bonchev–Trinajstić information content (AvgIpc) is 3.13. The minimum atomic E-state index is -3.64. The number of nitrogens with one attached hydrogen (secondary N) is 1. The zero-order valence-corrected chi connectivity index (χ0v) is 18.3. The van der Waals surface area contributed by atoms with E-state index in [0.29, 0.717) is 23.1 Å². The Morgan fingerprint density at radius 3 is 2.31 bits per heavy atom. The van der Waals surface area contributed by atoms with Gasteiger partial charge in [-0.05, 0) is 61.9 Å². The molecule has 0 saturated heterocycles. The highest BCUT2D eigenvalue weighted by Gasteiger charge is 2.08. The molecule has 0 amide bonds. The average molecular weight is 448 g/mol. The monoisotopic (exact) mass is 447 g/mol. The summed E-state index contributed by atoms with van der Waals surface area (Å²) in [7, 11) is -3.64. The van der Waals surface area contributed by atoms with E-state index in [4.69, 9.17) is 4.74 Å². The molecule has 0 spiro atoms. The number of aryl methyl sites for hydroxylation is 2. The summed E-state index contributed by atoms with van der Waals surface area (Å²) in [6.45, 7) is 3.86. The van der Waals surface area contributed by atoms with Crippen LogP contribution in [0.1, 0.15) is 17.0 Å². The topological polar surface area (TPSA) is 99.0 Å². The first-order valence-electron chi connectivity index (χ1n) is 9.79. The minimum absolute atomic E-state index is 0.314. The normalized spacial score (nSPS) is 11.6. The molecule has 0 unspecified atom stereocenters. The van der Waals surface area contributed by atoms with Crippen molar-refractivity contribution in [2.24, 2.45) is 0 Å². The fourth-order valence-electron chi connectivity index (χ4n) is 2.98. The molecule has 162 valence electrons. The Labute approximate surface area is 186 Å². The van der Waals surface area contributed by atoms with Gasteiger partial charge in [-0.3, -0.25) is 4.72 Å². The summed E-state index contributed by atoms with van der Waals surface area (Å²) in [6, 6.07) is 21.1. The van der Waals surface area contributed by atoms with Crippen molar-refractivity contribution in [2.75, 3.05) is 4.72 Å². The number of anilines is 1. The molecular weight excluding hydrogens is 426 g/mol. The van der Waals surface area contributed by atoms with Gasteiger partial charge in [0.05, 0.1) is 11.1 Å². The van der Waals surface area contributed by atoms with Crippen molar-refractivity contribution in [2.45, 2.75) is 13.8 Å². The molecule has 2 heterocycles. The lowest BCUT2D eigenvalue weighted by Gasteiger charge is -2.08. The SMILES string of the molecule is Cc1cc(C)n(-c2ccc(Oc3ccc(NS(=O)(=O)/C=C/c4ccccc4)cc3)nn2)n1. The van der Waals surface area contributed by atoms with Crippen LogP contribution in [0.15, 0.2) is 78.2 Å². The second kappa shape index (κ2) is 9.03. The van der Waals surface area contributed by atoms with Gasteiger partial charge in [-0.2, -0.15) is 5.10 Å². The van der Waals surface area contributed by atoms with Crippen LogP contribution < -0.4 is 9.46 Å². The molecule has 0 aliphatic carbocycles. The van der Waals surface area contributed by atoms with Gasteiger partial charge in [-0.1, -0.05) is 30.3 Å². The smallest absolute Gasteiger partial charge is 0.255 e. The van der Waals surface area contributed by atoms with Crippen LogP contribution in [0, 0.1) is 13.8 Å². The van der Waals surface area contributed by atoms with Crippen molar-refractivity contribution < 1.29 is 13.2 Å². The first-order valence-corrected chi connectivity index (χ1v) is 11.3. The number of hydrogen-bond donors (Lipinski definition) is 1. The maximum Gasteiger partial charge on any atom is 0.255 e. The second-order valence-corrected chi connectivity index (χ2v) is 8.62. The van der Waals surface area contributed by atoms with Crippen molar-refractivity contribution in [3.63, 3.8) is 0 Å². The fraction of sp³-hybridized carbons (Fsp3) is 0.0870. The molecule has 0 bridgehead atoms. The number of aromatic nitrogens is 4. The zero-order valence-electron chi connectivity index (χ0n) is 17.5. The van der Waals surface area contributed by atoms with Gasteiger partial charge in [0.15, 0.2) is 5.82 Å². The number of sulfonamides is 1. The molecule has 9 heteroatoms. The van der Waals surface area contributed by atoms with Gasteiger partial charge in [0.1, 0.15) is 5.75 Å². The van der Waals surface area contributed by atoms with Crippen LogP contribution in [0.3, 0.4) is 0 Å². The predicted molar refractivity (Wildman–Crippen MR) is 123 cm³/mol. The lowest BCUT2D eigenvalue weighted by Crippen LogP contribution is -2.08. The lowest BCUT2D eigenvalue weighted by atomic mass is 10.2. The number of ether oxygens (including phenoxy) is 1. The Kier molecular flexibility index (Phi) is 6.00. The third-order valence-corrected chi connectivity index (χ3v) is 5.44. The molecule has 0 fully saturated rings. The summed E-state index contributed by atoms with van der Waals surface area (Å²) < 4.78 is 34.5. The maximum atomic E-state index is 12.3. The second-order valence-electron chi connectivity index (χ2n) is 7.06.